The molecule has 46 heavy (non-hydrogen) atoms. The Labute approximate surface area is 267 Å². The van der Waals surface area contributed by atoms with Crippen molar-refractivity contribution in [1.82, 2.24) is 19.9 Å². The standard InChI is InChI=1S/C38H34N6O2/c1-22-28(7-4-9-30(22)38-43-34-17-25-6-3-10-31(25)32(18-39)36(34)46-38)29-8-5-11-33(23(29)2)42-37-35-26(12-14-40-37)16-24(19-41-35)20-44-15-13-27(45)21-44/h4-5,7-9,11-12,14,16-17,19,27,45H,3,6,10,13,15,20-21H2,1-2H3,(H,40,42)/t27-/m1/s1. The van der Waals surface area contributed by atoms with Crippen molar-refractivity contribution in [3.05, 3.63) is 100 Å². The minimum absolute atomic E-state index is 0.237. The van der Waals surface area contributed by atoms with E-state index >= 15 is 0 Å². The number of nitriles is 1. The van der Waals surface area contributed by atoms with E-state index in [0.717, 1.165) is 99.8 Å². The molecule has 0 unspecified atom stereocenters. The lowest BCUT2D eigenvalue weighted by molar-refractivity contribution is 0.175. The topological polar surface area (TPSA) is 111 Å². The quantitative estimate of drug-likeness (QED) is 0.202. The van der Waals surface area contributed by atoms with Gasteiger partial charge in [0.05, 0.1) is 6.10 Å². The molecule has 1 aliphatic carbocycles. The summed E-state index contributed by atoms with van der Waals surface area (Å²) < 4.78 is 6.32. The molecule has 6 aromatic rings. The number of likely N-dealkylation sites (tertiary alicyclic amines) is 1. The van der Waals surface area contributed by atoms with Crippen LogP contribution in [-0.4, -0.2) is 44.2 Å². The first kappa shape index (κ1) is 28.4. The predicted octanol–water partition coefficient (Wildman–Crippen LogP) is 7.39. The van der Waals surface area contributed by atoms with E-state index in [9.17, 15) is 10.4 Å². The van der Waals surface area contributed by atoms with Gasteiger partial charge in [0.2, 0.25) is 5.89 Å². The first-order valence-corrected chi connectivity index (χ1v) is 15.9. The van der Waals surface area contributed by atoms with Crippen LogP contribution < -0.4 is 5.32 Å². The Balaban J connectivity index is 1.11. The molecule has 228 valence electrons. The Morgan fingerprint density at radius 2 is 1.85 bits per heavy atom. The largest absolute Gasteiger partial charge is 0.435 e. The molecule has 1 atom stereocenters. The number of oxazole rings is 1. The summed E-state index contributed by atoms with van der Waals surface area (Å²) in [6.45, 7) is 6.60. The summed E-state index contributed by atoms with van der Waals surface area (Å²) >= 11 is 0. The van der Waals surface area contributed by atoms with Crippen LogP contribution in [0.4, 0.5) is 11.5 Å². The first-order valence-electron chi connectivity index (χ1n) is 15.9. The van der Waals surface area contributed by atoms with Gasteiger partial charge in [0.1, 0.15) is 22.7 Å². The fraction of sp³-hybridized carbons (Fsp3) is 0.263. The second-order valence-electron chi connectivity index (χ2n) is 12.6. The molecule has 1 fully saturated rings. The lowest BCUT2D eigenvalue weighted by Crippen LogP contribution is -2.21. The van der Waals surface area contributed by atoms with Crippen molar-refractivity contribution < 1.29 is 9.52 Å². The van der Waals surface area contributed by atoms with Gasteiger partial charge >= 0.3 is 0 Å². The average molecular weight is 607 g/mol. The van der Waals surface area contributed by atoms with E-state index in [4.69, 9.17) is 14.4 Å². The third-order valence-corrected chi connectivity index (χ3v) is 9.62. The maximum atomic E-state index is 9.96. The number of fused-ring (bicyclic) bond motifs is 3. The molecule has 2 N–H and O–H groups in total. The van der Waals surface area contributed by atoms with Crippen molar-refractivity contribution in [2.24, 2.45) is 0 Å². The summed E-state index contributed by atoms with van der Waals surface area (Å²) in [6, 6.07) is 21.1. The van der Waals surface area contributed by atoms with Crippen LogP contribution in [0.3, 0.4) is 0 Å². The molecule has 4 heterocycles. The predicted molar refractivity (Wildman–Crippen MR) is 180 cm³/mol. The van der Waals surface area contributed by atoms with Gasteiger partial charge in [-0.15, -0.1) is 0 Å². The van der Waals surface area contributed by atoms with Gasteiger partial charge in [-0.25, -0.2) is 9.97 Å². The van der Waals surface area contributed by atoms with Crippen LogP contribution in [-0.2, 0) is 19.4 Å². The number of β-amino-alcohol motifs (C(OH)–C–C–N with tert-alkyl or cyclic N) is 1. The molecule has 0 radical (unpaired) electrons. The van der Waals surface area contributed by atoms with Crippen LogP contribution in [0, 0.1) is 25.2 Å². The minimum atomic E-state index is -0.237. The number of aromatic nitrogens is 3. The van der Waals surface area contributed by atoms with Gasteiger partial charge in [0.15, 0.2) is 11.4 Å². The van der Waals surface area contributed by atoms with Crippen LogP contribution in [0.15, 0.2) is 71.4 Å². The Morgan fingerprint density at radius 3 is 2.67 bits per heavy atom. The summed E-state index contributed by atoms with van der Waals surface area (Å²) in [5.74, 6) is 1.24. The van der Waals surface area contributed by atoms with E-state index in [2.05, 4.69) is 71.5 Å². The van der Waals surface area contributed by atoms with Crippen molar-refractivity contribution in [3.8, 4) is 28.7 Å². The highest BCUT2D eigenvalue weighted by Gasteiger charge is 2.24. The van der Waals surface area contributed by atoms with Crippen LogP contribution in [0.5, 0.6) is 0 Å². The molecule has 2 aliphatic rings. The monoisotopic (exact) mass is 606 g/mol. The van der Waals surface area contributed by atoms with Crippen molar-refractivity contribution in [1.29, 1.82) is 5.26 Å². The third-order valence-electron chi connectivity index (χ3n) is 9.62. The lowest BCUT2D eigenvalue weighted by atomic mass is 9.93. The van der Waals surface area contributed by atoms with E-state index in [-0.39, 0.29) is 6.10 Å². The van der Waals surface area contributed by atoms with Crippen LogP contribution in [0.25, 0.3) is 44.6 Å². The van der Waals surface area contributed by atoms with Crippen molar-refractivity contribution in [2.75, 3.05) is 18.4 Å². The average Bonchev–Trinajstić information content (AvgIpc) is 3.81. The third kappa shape index (κ3) is 4.89. The number of aryl methyl sites for hydroxylation is 1. The Hall–Kier alpha value is -5.10. The van der Waals surface area contributed by atoms with Gasteiger partial charge in [0.25, 0.3) is 0 Å². The number of aliphatic hydroxyl groups is 1. The molecule has 3 aromatic heterocycles. The number of hydrogen-bond acceptors (Lipinski definition) is 8. The van der Waals surface area contributed by atoms with Crippen LogP contribution >= 0.6 is 0 Å². The van der Waals surface area contributed by atoms with Gasteiger partial charge in [-0.3, -0.25) is 9.88 Å². The second-order valence-corrected chi connectivity index (χ2v) is 12.6. The molecule has 1 aliphatic heterocycles. The molecule has 8 heteroatoms. The van der Waals surface area contributed by atoms with Crippen molar-refractivity contribution in [3.63, 3.8) is 0 Å². The van der Waals surface area contributed by atoms with E-state index in [1.807, 2.05) is 30.6 Å². The zero-order valence-corrected chi connectivity index (χ0v) is 26.0. The van der Waals surface area contributed by atoms with E-state index in [0.29, 0.717) is 29.4 Å². The fourth-order valence-electron chi connectivity index (χ4n) is 7.20. The molecule has 8 nitrogen and oxygen atoms in total. The highest BCUT2D eigenvalue weighted by Crippen LogP contribution is 2.39. The van der Waals surface area contributed by atoms with Crippen LogP contribution in [0.1, 0.15) is 46.2 Å². The van der Waals surface area contributed by atoms with Crippen molar-refractivity contribution >= 4 is 33.5 Å². The van der Waals surface area contributed by atoms with Crippen molar-refractivity contribution in [2.45, 2.75) is 52.2 Å². The molecular weight excluding hydrogens is 572 g/mol. The summed E-state index contributed by atoms with van der Waals surface area (Å²) in [6.07, 6.45) is 7.28. The number of pyridine rings is 2. The maximum Gasteiger partial charge on any atom is 0.227 e. The highest BCUT2D eigenvalue weighted by molar-refractivity contribution is 5.91. The van der Waals surface area contributed by atoms with E-state index in [1.165, 1.54) is 5.56 Å². The lowest BCUT2D eigenvalue weighted by Gasteiger charge is -2.17. The molecule has 0 spiro atoms. The molecule has 0 amide bonds. The first-order chi connectivity index (χ1) is 22.5. The summed E-state index contributed by atoms with van der Waals surface area (Å²) in [5, 5.41) is 24.4. The Morgan fingerprint density at radius 1 is 1.02 bits per heavy atom. The summed E-state index contributed by atoms with van der Waals surface area (Å²) in [5.41, 5.74) is 12.4. The Kier molecular flexibility index (Phi) is 7.01. The number of nitrogens with one attached hydrogen (secondary N) is 1. The zero-order valence-electron chi connectivity index (χ0n) is 26.0. The summed E-state index contributed by atoms with van der Waals surface area (Å²) in [4.78, 5) is 16.6. The maximum absolute atomic E-state index is 9.96. The van der Waals surface area contributed by atoms with Gasteiger partial charge in [-0.05, 0) is 109 Å². The fourth-order valence-corrected chi connectivity index (χ4v) is 7.20. The Bertz CT molecular complexity index is 2200. The molecule has 3 aromatic carbocycles. The molecule has 1 saturated heterocycles. The summed E-state index contributed by atoms with van der Waals surface area (Å²) in [7, 11) is 0. The number of benzene rings is 3. The highest BCUT2D eigenvalue weighted by atomic mass is 16.3. The normalized spacial score (nSPS) is 16.3. The zero-order chi connectivity index (χ0) is 31.4. The van der Waals surface area contributed by atoms with E-state index < -0.39 is 0 Å². The number of aliphatic hydroxyl groups excluding tert-OH is 1. The number of nitrogens with zero attached hydrogens (tertiary/aromatic N) is 5. The number of hydrogen-bond donors (Lipinski definition) is 2. The SMILES string of the molecule is Cc1c(Nc2nccc3cc(CN4CC[C@@H](O)C4)cnc23)cccc1-c1cccc(-c2nc3cc4c(c(C#N)c3o2)CCC4)c1C. The van der Waals surface area contributed by atoms with Crippen LogP contribution in [0.2, 0.25) is 0 Å². The van der Waals surface area contributed by atoms with Gasteiger partial charge in [-0.2, -0.15) is 5.26 Å². The molecule has 0 saturated carbocycles. The molecule has 8 rings (SSSR count). The van der Waals surface area contributed by atoms with Gasteiger partial charge in [0, 0.05) is 48.7 Å². The van der Waals surface area contributed by atoms with E-state index in [1.54, 1.807) is 0 Å². The minimum Gasteiger partial charge on any atom is -0.435 e. The molecule has 0 bridgehead atoms. The van der Waals surface area contributed by atoms with Gasteiger partial charge < -0.3 is 14.8 Å². The number of anilines is 2. The van der Waals surface area contributed by atoms with Gasteiger partial charge in [-0.1, -0.05) is 24.3 Å². The number of rotatable bonds is 6. The smallest absolute Gasteiger partial charge is 0.227 e. The molecular formula is C38H34N6O2. The second kappa shape index (κ2) is 11.4.